The molecule has 0 aliphatic rings. The molecule has 0 amide bonds. The Morgan fingerprint density at radius 3 is 2.75 bits per heavy atom. The van der Waals surface area contributed by atoms with Gasteiger partial charge in [-0.1, -0.05) is 13.8 Å². The van der Waals surface area contributed by atoms with Crippen LogP contribution in [0.3, 0.4) is 0 Å². The molecule has 0 saturated carbocycles. The molecule has 0 aromatic carbocycles. The van der Waals surface area contributed by atoms with Crippen molar-refractivity contribution in [3.8, 4) is 0 Å². The van der Waals surface area contributed by atoms with Gasteiger partial charge in [-0.15, -0.1) is 0 Å². The molecule has 116 valence electrons. The van der Waals surface area contributed by atoms with Gasteiger partial charge in [0, 0.05) is 26.3 Å². The Morgan fingerprint density at radius 1 is 1.45 bits per heavy atom. The monoisotopic (exact) mass is 304 g/mol. The molecule has 0 saturated heterocycles. The Hall–Kier alpha value is -0.960. The van der Waals surface area contributed by atoms with Crippen LogP contribution in [-0.4, -0.2) is 38.4 Å². The highest BCUT2D eigenvalue weighted by molar-refractivity contribution is 7.89. The fourth-order valence-electron chi connectivity index (χ4n) is 1.74. The molecule has 0 aliphatic heterocycles. The van der Waals surface area contributed by atoms with Crippen molar-refractivity contribution in [3.63, 3.8) is 0 Å². The summed E-state index contributed by atoms with van der Waals surface area (Å²) < 4.78 is 32.3. The average molecular weight is 304 g/mol. The van der Waals surface area contributed by atoms with E-state index in [4.69, 9.17) is 10.5 Å². The summed E-state index contributed by atoms with van der Waals surface area (Å²) in [5.74, 6) is 0.479. The molecule has 0 bridgehead atoms. The van der Waals surface area contributed by atoms with Gasteiger partial charge in [0.25, 0.3) is 0 Å². The van der Waals surface area contributed by atoms with E-state index in [0.717, 1.165) is 0 Å². The van der Waals surface area contributed by atoms with E-state index in [0.29, 0.717) is 43.5 Å². The van der Waals surface area contributed by atoms with Crippen molar-refractivity contribution in [3.05, 3.63) is 11.4 Å². The number of hydrogen-bond donors (Lipinski definition) is 3. The van der Waals surface area contributed by atoms with Gasteiger partial charge in [0.05, 0.1) is 11.4 Å². The highest BCUT2D eigenvalue weighted by atomic mass is 32.2. The summed E-state index contributed by atoms with van der Waals surface area (Å²) in [6, 6.07) is 0. The van der Waals surface area contributed by atoms with Crippen LogP contribution in [0.1, 0.15) is 31.7 Å². The minimum atomic E-state index is -3.57. The Balaban J connectivity index is 2.48. The van der Waals surface area contributed by atoms with E-state index in [1.165, 1.54) is 0 Å². The first-order chi connectivity index (χ1) is 9.38. The van der Waals surface area contributed by atoms with Gasteiger partial charge in [0.2, 0.25) is 10.0 Å². The number of aromatic nitrogens is 2. The number of H-pyrrole nitrogens is 1. The van der Waals surface area contributed by atoms with E-state index in [-0.39, 0.29) is 11.4 Å². The fraction of sp³-hybridized carbons (Fsp3) is 0.750. The van der Waals surface area contributed by atoms with Crippen molar-refractivity contribution >= 4 is 10.0 Å². The molecule has 0 aliphatic carbocycles. The van der Waals surface area contributed by atoms with Gasteiger partial charge in [-0.25, -0.2) is 13.1 Å². The minimum absolute atomic E-state index is 0.0814. The molecule has 1 heterocycles. The molecule has 8 heteroatoms. The molecule has 0 radical (unpaired) electrons. The molecule has 1 aromatic heterocycles. The molecule has 4 N–H and O–H groups in total. The fourth-order valence-corrected chi connectivity index (χ4v) is 3.18. The maximum atomic E-state index is 12.2. The van der Waals surface area contributed by atoms with Crippen molar-refractivity contribution in [2.24, 2.45) is 11.7 Å². The highest BCUT2D eigenvalue weighted by Gasteiger charge is 2.22. The van der Waals surface area contributed by atoms with Crippen LogP contribution < -0.4 is 10.5 Å². The van der Waals surface area contributed by atoms with Crippen LogP contribution in [0.2, 0.25) is 0 Å². The molecular weight excluding hydrogens is 280 g/mol. The minimum Gasteiger partial charge on any atom is -0.381 e. The Labute approximate surface area is 120 Å². The highest BCUT2D eigenvalue weighted by Crippen LogP contribution is 2.16. The van der Waals surface area contributed by atoms with Crippen LogP contribution in [0.4, 0.5) is 0 Å². The zero-order valence-corrected chi connectivity index (χ0v) is 13.1. The number of aromatic amines is 1. The standard InChI is InChI=1S/C12H24N4O3S/c1-9(2)8-19-6-4-5-14-20(17,18)12-10(3)15-16-11(12)7-13/h9,14H,4-8,13H2,1-3H3,(H,15,16). The summed E-state index contributed by atoms with van der Waals surface area (Å²) in [4.78, 5) is 0.156. The largest absolute Gasteiger partial charge is 0.381 e. The van der Waals surface area contributed by atoms with Gasteiger partial charge in [0.1, 0.15) is 4.90 Å². The lowest BCUT2D eigenvalue weighted by Gasteiger charge is -2.09. The van der Waals surface area contributed by atoms with Crippen LogP contribution in [0.25, 0.3) is 0 Å². The number of hydrogen-bond acceptors (Lipinski definition) is 5. The lowest BCUT2D eigenvalue weighted by atomic mass is 10.2. The Bertz CT molecular complexity index is 511. The van der Waals surface area contributed by atoms with E-state index >= 15 is 0 Å². The van der Waals surface area contributed by atoms with Crippen LogP contribution in [0.15, 0.2) is 4.90 Å². The van der Waals surface area contributed by atoms with Crippen molar-refractivity contribution < 1.29 is 13.2 Å². The molecule has 0 unspecified atom stereocenters. The van der Waals surface area contributed by atoms with Crippen LogP contribution in [0.5, 0.6) is 0 Å². The maximum absolute atomic E-state index is 12.2. The number of nitrogens with two attached hydrogens (primary N) is 1. The first-order valence-electron chi connectivity index (χ1n) is 6.69. The van der Waals surface area contributed by atoms with Gasteiger partial charge in [-0.3, -0.25) is 5.10 Å². The Morgan fingerprint density at radius 2 is 2.15 bits per heavy atom. The number of nitrogens with one attached hydrogen (secondary N) is 2. The number of nitrogens with zero attached hydrogens (tertiary/aromatic N) is 1. The second kappa shape index (κ2) is 7.72. The smallest absolute Gasteiger partial charge is 0.244 e. The quantitative estimate of drug-likeness (QED) is 0.576. The first-order valence-corrected chi connectivity index (χ1v) is 8.18. The predicted molar refractivity (Wildman–Crippen MR) is 76.7 cm³/mol. The summed E-state index contributed by atoms with van der Waals surface area (Å²) in [5, 5.41) is 6.53. The van der Waals surface area contributed by atoms with Gasteiger partial charge in [-0.05, 0) is 19.3 Å². The van der Waals surface area contributed by atoms with Gasteiger partial charge >= 0.3 is 0 Å². The number of aryl methyl sites for hydroxylation is 1. The van der Waals surface area contributed by atoms with Crippen molar-refractivity contribution in [2.75, 3.05) is 19.8 Å². The van der Waals surface area contributed by atoms with Crippen LogP contribution >= 0.6 is 0 Å². The van der Waals surface area contributed by atoms with E-state index in [2.05, 4.69) is 28.8 Å². The average Bonchev–Trinajstić information content (AvgIpc) is 2.75. The SMILES string of the molecule is Cc1[nH]nc(CN)c1S(=O)(=O)NCCCOCC(C)C. The number of ether oxygens (including phenoxy) is 1. The van der Waals surface area contributed by atoms with Crippen molar-refractivity contribution in [1.29, 1.82) is 0 Å². The number of sulfonamides is 1. The predicted octanol–water partition coefficient (Wildman–Crippen LogP) is 0.518. The molecule has 1 aromatic rings. The van der Waals surface area contributed by atoms with E-state index < -0.39 is 10.0 Å². The third kappa shape index (κ3) is 4.86. The second-order valence-corrected chi connectivity index (χ2v) is 6.75. The Kier molecular flexibility index (Phi) is 6.60. The van der Waals surface area contributed by atoms with Crippen LogP contribution in [0, 0.1) is 12.8 Å². The first kappa shape index (κ1) is 17.1. The normalized spacial score (nSPS) is 12.2. The molecule has 7 nitrogen and oxygen atoms in total. The van der Waals surface area contributed by atoms with Crippen molar-refractivity contribution in [2.45, 2.75) is 38.6 Å². The zero-order valence-electron chi connectivity index (χ0n) is 12.3. The summed E-state index contributed by atoms with van der Waals surface area (Å²) in [5.41, 5.74) is 6.34. The van der Waals surface area contributed by atoms with E-state index in [1.807, 2.05) is 0 Å². The molecule has 0 atom stereocenters. The van der Waals surface area contributed by atoms with Crippen LogP contribution in [-0.2, 0) is 21.3 Å². The van der Waals surface area contributed by atoms with Crippen molar-refractivity contribution in [1.82, 2.24) is 14.9 Å². The molecular formula is C12H24N4O3S. The van der Waals surface area contributed by atoms with Gasteiger partial charge in [0.15, 0.2) is 0 Å². The third-order valence-corrected chi connectivity index (χ3v) is 4.30. The summed E-state index contributed by atoms with van der Waals surface area (Å²) in [6.07, 6.45) is 0.626. The maximum Gasteiger partial charge on any atom is 0.244 e. The molecule has 1 rings (SSSR count). The molecule has 0 spiro atoms. The number of rotatable bonds is 9. The molecule has 20 heavy (non-hydrogen) atoms. The summed E-state index contributed by atoms with van der Waals surface area (Å²) >= 11 is 0. The van der Waals surface area contributed by atoms with E-state index in [1.54, 1.807) is 6.92 Å². The summed E-state index contributed by atoms with van der Waals surface area (Å²) in [7, 11) is -3.57. The third-order valence-electron chi connectivity index (χ3n) is 2.63. The molecule has 0 fully saturated rings. The topological polar surface area (TPSA) is 110 Å². The zero-order chi connectivity index (χ0) is 15.2. The van der Waals surface area contributed by atoms with Gasteiger partial charge in [-0.2, -0.15) is 5.10 Å². The lowest BCUT2D eigenvalue weighted by molar-refractivity contribution is 0.108. The second-order valence-electron chi connectivity index (χ2n) is 5.05. The lowest BCUT2D eigenvalue weighted by Crippen LogP contribution is -2.27. The van der Waals surface area contributed by atoms with Gasteiger partial charge < -0.3 is 10.5 Å². The van der Waals surface area contributed by atoms with E-state index in [9.17, 15) is 8.42 Å². The summed E-state index contributed by atoms with van der Waals surface area (Å²) in [6.45, 7) is 7.43.